The van der Waals surface area contributed by atoms with Crippen LogP contribution in [0.25, 0.3) is 10.9 Å². The van der Waals surface area contributed by atoms with Crippen LogP contribution in [0, 0.1) is 11.8 Å². The number of hydrogen-bond donors (Lipinski definition) is 2. The molecule has 0 spiro atoms. The van der Waals surface area contributed by atoms with Gasteiger partial charge < -0.3 is 15.0 Å². The molecule has 152 valence electrons. The topological polar surface area (TPSA) is 71.3 Å². The van der Waals surface area contributed by atoms with Crippen molar-refractivity contribution in [2.45, 2.75) is 24.4 Å². The summed E-state index contributed by atoms with van der Waals surface area (Å²) in [4.78, 5) is 27.0. The first kappa shape index (κ1) is 20.5. The molecule has 1 aromatic heterocycles. The van der Waals surface area contributed by atoms with Gasteiger partial charge in [-0.15, -0.1) is 11.8 Å². The van der Waals surface area contributed by atoms with Crippen LogP contribution in [0.1, 0.15) is 34.5 Å². The van der Waals surface area contributed by atoms with E-state index in [1.54, 1.807) is 36.2 Å². The average Bonchev–Trinajstić information content (AvgIpc) is 2.75. The predicted octanol–water partition coefficient (Wildman–Crippen LogP) is 3.60. The Kier molecular flexibility index (Phi) is 5.87. The van der Waals surface area contributed by atoms with Crippen molar-refractivity contribution in [3.63, 3.8) is 0 Å². The highest BCUT2D eigenvalue weighted by atomic mass is 35.5. The molecule has 0 saturated carbocycles. The van der Waals surface area contributed by atoms with Gasteiger partial charge >= 0.3 is 0 Å². The number of carbonyl (C=O) groups is 1. The van der Waals surface area contributed by atoms with Gasteiger partial charge in [-0.2, -0.15) is 0 Å². The molecule has 2 heterocycles. The molecule has 0 saturated heterocycles. The minimum Gasteiger partial charge on any atom is -0.384 e. The van der Waals surface area contributed by atoms with E-state index in [2.05, 4.69) is 24.1 Å². The van der Waals surface area contributed by atoms with Crippen LogP contribution in [0.2, 0.25) is 5.02 Å². The fourth-order valence-electron chi connectivity index (χ4n) is 3.46. The molecule has 1 aliphatic rings. The number of benzene rings is 2. The number of thioether (sulfide) groups is 1. The molecule has 1 amide bonds. The lowest BCUT2D eigenvalue weighted by Crippen LogP contribution is -2.30. The SMILES string of the molecule is CC1CSc2cc(C#CCO)cc3c(=O)c(C(=O)NCc4ccc(Cl)cc4)cn1c23. The van der Waals surface area contributed by atoms with Gasteiger partial charge in [0.1, 0.15) is 12.2 Å². The number of aliphatic hydroxyl groups is 1. The smallest absolute Gasteiger partial charge is 0.257 e. The van der Waals surface area contributed by atoms with Crippen molar-refractivity contribution in [2.75, 3.05) is 12.4 Å². The van der Waals surface area contributed by atoms with Crippen molar-refractivity contribution in [1.29, 1.82) is 0 Å². The molecule has 1 atom stereocenters. The monoisotopic (exact) mass is 438 g/mol. The molecule has 0 radical (unpaired) electrons. The molecule has 2 aromatic carbocycles. The normalized spacial score (nSPS) is 14.8. The number of amides is 1. The summed E-state index contributed by atoms with van der Waals surface area (Å²) in [5.41, 5.74) is 2.15. The van der Waals surface area contributed by atoms with E-state index in [1.165, 1.54) is 0 Å². The fraction of sp³-hybridized carbons (Fsp3) is 0.217. The number of halogens is 1. The fourth-order valence-corrected chi connectivity index (χ4v) is 4.73. The van der Waals surface area contributed by atoms with Gasteiger partial charge in [0.15, 0.2) is 0 Å². The maximum absolute atomic E-state index is 13.2. The van der Waals surface area contributed by atoms with Crippen LogP contribution in [0.15, 0.2) is 52.3 Å². The van der Waals surface area contributed by atoms with Gasteiger partial charge in [-0.3, -0.25) is 9.59 Å². The lowest BCUT2D eigenvalue weighted by molar-refractivity contribution is 0.0949. The van der Waals surface area contributed by atoms with Crippen LogP contribution in [0.5, 0.6) is 0 Å². The Morgan fingerprint density at radius 1 is 1.33 bits per heavy atom. The van der Waals surface area contributed by atoms with Crippen molar-refractivity contribution in [3.05, 3.63) is 74.5 Å². The van der Waals surface area contributed by atoms with Gasteiger partial charge in [-0.25, -0.2) is 0 Å². The average molecular weight is 439 g/mol. The predicted molar refractivity (Wildman–Crippen MR) is 120 cm³/mol. The zero-order valence-corrected chi connectivity index (χ0v) is 17.8. The Morgan fingerprint density at radius 2 is 2.10 bits per heavy atom. The maximum Gasteiger partial charge on any atom is 0.257 e. The summed E-state index contributed by atoms with van der Waals surface area (Å²) >= 11 is 7.57. The number of nitrogens with one attached hydrogen (secondary N) is 1. The van der Waals surface area contributed by atoms with Gasteiger partial charge in [0.25, 0.3) is 5.91 Å². The van der Waals surface area contributed by atoms with Crippen molar-refractivity contribution in [3.8, 4) is 11.8 Å². The maximum atomic E-state index is 13.2. The molecule has 4 rings (SSSR count). The largest absolute Gasteiger partial charge is 0.384 e. The van der Waals surface area contributed by atoms with Crippen LogP contribution in [0.3, 0.4) is 0 Å². The highest BCUT2D eigenvalue weighted by Crippen LogP contribution is 2.36. The molecule has 30 heavy (non-hydrogen) atoms. The molecule has 7 heteroatoms. The summed E-state index contributed by atoms with van der Waals surface area (Å²) in [6.07, 6.45) is 1.66. The van der Waals surface area contributed by atoms with Crippen molar-refractivity contribution < 1.29 is 9.90 Å². The summed E-state index contributed by atoms with van der Waals surface area (Å²) in [7, 11) is 0. The standard InChI is InChI=1S/C23H19ClN2O3S/c1-14-13-30-20-10-16(3-2-8-27)9-18-21(20)26(14)12-19(22(18)28)23(29)25-11-15-4-6-17(24)7-5-15/h4-7,9-10,12,14,27H,8,11,13H2,1H3,(H,25,29). The molecule has 0 fully saturated rings. The van der Waals surface area contributed by atoms with E-state index in [0.717, 1.165) is 21.7 Å². The van der Waals surface area contributed by atoms with Gasteiger partial charge in [0.2, 0.25) is 5.43 Å². The quantitative estimate of drug-likeness (QED) is 0.613. The minimum absolute atomic E-state index is 0.105. The Hall–Kier alpha value is -2.72. The van der Waals surface area contributed by atoms with Crippen LogP contribution >= 0.6 is 23.4 Å². The van der Waals surface area contributed by atoms with E-state index >= 15 is 0 Å². The zero-order valence-electron chi connectivity index (χ0n) is 16.2. The highest BCUT2D eigenvalue weighted by Gasteiger charge is 2.23. The first-order valence-electron chi connectivity index (χ1n) is 9.46. The molecule has 1 aliphatic heterocycles. The zero-order chi connectivity index (χ0) is 21.3. The summed E-state index contributed by atoms with van der Waals surface area (Å²) < 4.78 is 2.00. The highest BCUT2D eigenvalue weighted by molar-refractivity contribution is 7.99. The van der Waals surface area contributed by atoms with E-state index in [1.807, 2.05) is 22.8 Å². The summed E-state index contributed by atoms with van der Waals surface area (Å²) in [5, 5.41) is 12.9. The number of pyridine rings is 1. The van der Waals surface area contributed by atoms with Gasteiger partial charge in [0, 0.05) is 45.4 Å². The number of aromatic nitrogens is 1. The second-order valence-electron chi connectivity index (χ2n) is 7.08. The Labute approximate surface area is 183 Å². The number of rotatable bonds is 3. The Balaban J connectivity index is 1.76. The Bertz CT molecular complexity index is 1260. The Morgan fingerprint density at radius 3 is 2.83 bits per heavy atom. The molecular formula is C23H19ClN2O3S. The second kappa shape index (κ2) is 8.57. The van der Waals surface area contributed by atoms with Gasteiger partial charge in [0.05, 0.1) is 5.52 Å². The lowest BCUT2D eigenvalue weighted by atomic mass is 10.1. The van der Waals surface area contributed by atoms with Crippen LogP contribution in [-0.4, -0.2) is 27.9 Å². The molecule has 1 unspecified atom stereocenters. The van der Waals surface area contributed by atoms with Crippen molar-refractivity contribution >= 4 is 40.2 Å². The van der Waals surface area contributed by atoms with E-state index in [4.69, 9.17) is 16.7 Å². The van der Waals surface area contributed by atoms with Crippen LogP contribution in [0.4, 0.5) is 0 Å². The second-order valence-corrected chi connectivity index (χ2v) is 8.58. The van der Waals surface area contributed by atoms with E-state index in [9.17, 15) is 9.59 Å². The van der Waals surface area contributed by atoms with E-state index in [0.29, 0.717) is 22.5 Å². The number of nitrogens with zero attached hydrogens (tertiary/aromatic N) is 1. The number of hydrogen-bond acceptors (Lipinski definition) is 4. The molecule has 2 N–H and O–H groups in total. The summed E-state index contributed by atoms with van der Waals surface area (Å²) in [6.45, 7) is 2.11. The minimum atomic E-state index is -0.417. The molecule has 0 aliphatic carbocycles. The van der Waals surface area contributed by atoms with Gasteiger partial charge in [-0.1, -0.05) is 35.6 Å². The van der Waals surface area contributed by atoms with Crippen molar-refractivity contribution in [2.24, 2.45) is 0 Å². The molecule has 5 nitrogen and oxygen atoms in total. The molecule has 0 bridgehead atoms. The van der Waals surface area contributed by atoms with E-state index in [-0.39, 0.29) is 23.6 Å². The van der Waals surface area contributed by atoms with Gasteiger partial charge in [-0.05, 0) is 36.8 Å². The number of aliphatic hydroxyl groups excluding tert-OH is 1. The first-order valence-corrected chi connectivity index (χ1v) is 10.8. The summed E-state index contributed by atoms with van der Waals surface area (Å²) in [5.74, 6) is 5.90. The van der Waals surface area contributed by atoms with Crippen LogP contribution in [-0.2, 0) is 6.54 Å². The molecule has 3 aromatic rings. The van der Waals surface area contributed by atoms with E-state index < -0.39 is 5.91 Å². The third-order valence-corrected chi connectivity index (χ3v) is 6.49. The summed E-state index contributed by atoms with van der Waals surface area (Å²) in [6, 6.07) is 11.0. The number of carbonyl (C=O) groups excluding carboxylic acids is 1. The lowest BCUT2D eigenvalue weighted by Gasteiger charge is -2.26. The van der Waals surface area contributed by atoms with Crippen LogP contribution < -0.4 is 10.7 Å². The molecular weight excluding hydrogens is 420 g/mol. The third kappa shape index (κ3) is 3.97. The van der Waals surface area contributed by atoms with Crippen molar-refractivity contribution in [1.82, 2.24) is 9.88 Å². The third-order valence-electron chi connectivity index (χ3n) is 4.97. The first-order chi connectivity index (χ1) is 14.5.